The third-order valence-corrected chi connectivity index (χ3v) is 4.91. The van der Waals surface area contributed by atoms with Crippen LogP contribution in [0.1, 0.15) is 35.2 Å². The lowest BCUT2D eigenvalue weighted by molar-refractivity contribution is -0.116. The molecule has 0 unspecified atom stereocenters. The minimum atomic E-state index is -0.190. The van der Waals surface area contributed by atoms with Crippen molar-refractivity contribution in [3.63, 3.8) is 0 Å². The second-order valence-electron chi connectivity index (χ2n) is 6.59. The van der Waals surface area contributed by atoms with Gasteiger partial charge in [-0.2, -0.15) is 0 Å². The summed E-state index contributed by atoms with van der Waals surface area (Å²) < 4.78 is 11.4. The van der Waals surface area contributed by atoms with Crippen molar-refractivity contribution in [2.24, 2.45) is 0 Å². The molecule has 1 N–H and O–H groups in total. The molecule has 2 aromatic heterocycles. The third kappa shape index (κ3) is 6.70. The number of carbonyl (C=O) groups is 1. The Morgan fingerprint density at radius 3 is 2.93 bits per heavy atom. The van der Waals surface area contributed by atoms with Gasteiger partial charge in [-0.05, 0) is 43.2 Å². The molecule has 2 heterocycles. The van der Waals surface area contributed by atoms with Crippen molar-refractivity contribution in [1.29, 1.82) is 0 Å². The minimum Gasteiger partial charge on any atom is -0.487 e. The van der Waals surface area contributed by atoms with Gasteiger partial charge in [-0.25, -0.2) is 9.97 Å². The average molecular weight is 424 g/mol. The van der Waals surface area contributed by atoms with Crippen LogP contribution in [0.3, 0.4) is 0 Å². The van der Waals surface area contributed by atoms with Gasteiger partial charge in [0.25, 0.3) is 0 Å². The molecule has 0 saturated carbocycles. The van der Waals surface area contributed by atoms with Gasteiger partial charge < -0.3 is 14.8 Å². The van der Waals surface area contributed by atoms with E-state index in [-0.39, 0.29) is 5.91 Å². The Kier molecular flexibility index (Phi) is 7.97. The summed E-state index contributed by atoms with van der Waals surface area (Å²) in [6.45, 7) is 5.38. The second kappa shape index (κ2) is 11.1. The molecule has 0 atom stereocenters. The van der Waals surface area contributed by atoms with Gasteiger partial charge >= 0.3 is 0 Å². The Morgan fingerprint density at radius 1 is 1.23 bits per heavy atom. The van der Waals surface area contributed by atoms with Crippen molar-refractivity contribution in [3.05, 3.63) is 75.9 Å². The third-order valence-electron chi connectivity index (χ3n) is 4.08. The maximum Gasteiger partial charge on any atom is 0.244 e. The number of ether oxygens (including phenoxy) is 2. The smallest absolute Gasteiger partial charge is 0.244 e. The molecule has 7 heteroatoms. The summed E-state index contributed by atoms with van der Waals surface area (Å²) in [5, 5.41) is 5.88. The van der Waals surface area contributed by atoms with Gasteiger partial charge in [-0.3, -0.25) is 4.79 Å². The van der Waals surface area contributed by atoms with E-state index in [1.54, 1.807) is 23.6 Å². The van der Waals surface area contributed by atoms with E-state index >= 15 is 0 Å². The molecule has 156 valence electrons. The molecule has 0 aliphatic carbocycles. The van der Waals surface area contributed by atoms with Crippen LogP contribution in [0.25, 0.3) is 6.08 Å². The molecule has 0 bridgehead atoms. The van der Waals surface area contributed by atoms with Crippen LogP contribution in [-0.4, -0.2) is 22.5 Å². The number of hydrogen-bond donors (Lipinski definition) is 1. The normalized spacial score (nSPS) is 10.9. The standard InChI is InChI=1S/C23H25N3O3S/c1-3-12-28-23-19(7-5-11-24-23)14-25-22(27)10-9-18-6-4-8-21(13-18)29-15-20-16-30-17(2)26-20/h4-11,13,16H,3,12,14-15H2,1-2H3,(H,25,27). The van der Waals surface area contributed by atoms with Gasteiger partial charge in [-0.15, -0.1) is 11.3 Å². The number of aryl methyl sites for hydroxylation is 1. The van der Waals surface area contributed by atoms with Crippen LogP contribution in [-0.2, 0) is 17.9 Å². The topological polar surface area (TPSA) is 73.3 Å². The molecular formula is C23H25N3O3S. The summed E-state index contributed by atoms with van der Waals surface area (Å²) in [7, 11) is 0. The number of thiazole rings is 1. The van der Waals surface area contributed by atoms with Crippen LogP contribution in [0.5, 0.6) is 11.6 Å². The van der Waals surface area contributed by atoms with Crippen LogP contribution >= 0.6 is 11.3 Å². The fourth-order valence-electron chi connectivity index (χ4n) is 2.64. The summed E-state index contributed by atoms with van der Waals surface area (Å²) in [5.41, 5.74) is 2.64. The Morgan fingerprint density at radius 2 is 2.13 bits per heavy atom. The fraction of sp³-hybridized carbons (Fsp3) is 0.261. The maximum atomic E-state index is 12.2. The number of rotatable bonds is 10. The Bertz CT molecular complexity index is 1000. The van der Waals surface area contributed by atoms with E-state index in [1.165, 1.54) is 6.08 Å². The summed E-state index contributed by atoms with van der Waals surface area (Å²) >= 11 is 1.60. The molecule has 6 nitrogen and oxygen atoms in total. The zero-order chi connectivity index (χ0) is 21.2. The van der Waals surface area contributed by atoms with Gasteiger partial charge in [0.15, 0.2) is 0 Å². The molecule has 0 aliphatic heterocycles. The van der Waals surface area contributed by atoms with E-state index in [1.807, 2.05) is 55.6 Å². The maximum absolute atomic E-state index is 12.2. The number of benzene rings is 1. The predicted octanol–water partition coefficient (Wildman–Crippen LogP) is 4.54. The molecule has 0 saturated heterocycles. The zero-order valence-corrected chi connectivity index (χ0v) is 17.9. The van der Waals surface area contributed by atoms with Crippen LogP contribution in [0.2, 0.25) is 0 Å². The number of amides is 1. The number of pyridine rings is 1. The molecule has 1 amide bonds. The first-order valence-corrected chi connectivity index (χ1v) is 10.7. The van der Waals surface area contributed by atoms with E-state index in [0.717, 1.165) is 34.0 Å². The quantitative estimate of drug-likeness (QED) is 0.485. The summed E-state index contributed by atoms with van der Waals surface area (Å²) in [6, 6.07) is 11.3. The monoisotopic (exact) mass is 423 g/mol. The highest BCUT2D eigenvalue weighted by atomic mass is 32.1. The molecule has 30 heavy (non-hydrogen) atoms. The fourth-order valence-corrected chi connectivity index (χ4v) is 3.24. The van der Waals surface area contributed by atoms with Crippen molar-refractivity contribution in [2.75, 3.05) is 6.61 Å². The molecule has 0 radical (unpaired) electrons. The number of aromatic nitrogens is 2. The Labute approximate surface area is 180 Å². The lowest BCUT2D eigenvalue weighted by Gasteiger charge is -2.09. The predicted molar refractivity (Wildman–Crippen MR) is 119 cm³/mol. The van der Waals surface area contributed by atoms with Gasteiger partial charge in [-0.1, -0.05) is 25.1 Å². The van der Waals surface area contributed by atoms with Crippen molar-refractivity contribution in [1.82, 2.24) is 15.3 Å². The lowest BCUT2D eigenvalue weighted by atomic mass is 10.2. The van der Waals surface area contributed by atoms with E-state index in [9.17, 15) is 4.79 Å². The second-order valence-corrected chi connectivity index (χ2v) is 7.65. The zero-order valence-electron chi connectivity index (χ0n) is 17.1. The Balaban J connectivity index is 1.52. The number of nitrogens with one attached hydrogen (secondary N) is 1. The van der Waals surface area contributed by atoms with Gasteiger partial charge in [0.05, 0.1) is 17.3 Å². The van der Waals surface area contributed by atoms with Gasteiger partial charge in [0.2, 0.25) is 11.8 Å². The summed E-state index contributed by atoms with van der Waals surface area (Å²) in [4.78, 5) is 20.8. The van der Waals surface area contributed by atoms with Crippen molar-refractivity contribution in [3.8, 4) is 11.6 Å². The van der Waals surface area contributed by atoms with E-state index in [4.69, 9.17) is 9.47 Å². The molecule has 3 rings (SSSR count). The first-order chi connectivity index (χ1) is 14.6. The van der Waals surface area contributed by atoms with Crippen LogP contribution in [0.15, 0.2) is 54.1 Å². The van der Waals surface area contributed by atoms with E-state index in [2.05, 4.69) is 15.3 Å². The van der Waals surface area contributed by atoms with Crippen LogP contribution < -0.4 is 14.8 Å². The number of nitrogens with zero attached hydrogens (tertiary/aromatic N) is 2. The lowest BCUT2D eigenvalue weighted by Crippen LogP contribution is -2.21. The first-order valence-electron chi connectivity index (χ1n) is 9.80. The number of hydrogen-bond acceptors (Lipinski definition) is 6. The molecule has 3 aromatic rings. The largest absolute Gasteiger partial charge is 0.487 e. The first kappa shape index (κ1) is 21.5. The average Bonchev–Trinajstić information content (AvgIpc) is 3.19. The van der Waals surface area contributed by atoms with Gasteiger partial charge in [0, 0.05) is 29.8 Å². The highest BCUT2D eigenvalue weighted by Crippen LogP contribution is 2.17. The number of carbonyl (C=O) groups excluding carboxylic acids is 1. The molecule has 0 aliphatic rings. The molecule has 0 spiro atoms. The van der Waals surface area contributed by atoms with E-state index < -0.39 is 0 Å². The summed E-state index contributed by atoms with van der Waals surface area (Å²) in [6.07, 6.45) is 5.84. The molecule has 0 fully saturated rings. The minimum absolute atomic E-state index is 0.190. The van der Waals surface area contributed by atoms with Gasteiger partial charge in [0.1, 0.15) is 12.4 Å². The van der Waals surface area contributed by atoms with Crippen LogP contribution in [0, 0.1) is 6.92 Å². The van der Waals surface area contributed by atoms with Crippen LogP contribution in [0.4, 0.5) is 0 Å². The SMILES string of the molecule is CCCOc1ncccc1CNC(=O)C=Cc1cccc(OCc2csc(C)n2)c1. The van der Waals surface area contributed by atoms with Crippen molar-refractivity contribution < 1.29 is 14.3 Å². The summed E-state index contributed by atoms with van der Waals surface area (Å²) in [5.74, 6) is 1.10. The van der Waals surface area contributed by atoms with Crippen molar-refractivity contribution in [2.45, 2.75) is 33.4 Å². The van der Waals surface area contributed by atoms with Crippen molar-refractivity contribution >= 4 is 23.3 Å². The highest BCUT2D eigenvalue weighted by Gasteiger charge is 2.06. The highest BCUT2D eigenvalue weighted by molar-refractivity contribution is 7.09. The Hall–Kier alpha value is -3.19. The molecular weight excluding hydrogens is 398 g/mol. The van der Waals surface area contributed by atoms with E-state index in [0.29, 0.717) is 25.6 Å². The molecule has 1 aromatic carbocycles.